The van der Waals surface area contributed by atoms with Gasteiger partial charge in [-0.2, -0.15) is 13.2 Å². The molecule has 0 unspecified atom stereocenters. The van der Waals surface area contributed by atoms with Crippen molar-refractivity contribution >= 4 is 17.4 Å². The van der Waals surface area contributed by atoms with Crippen LogP contribution in [0.15, 0.2) is 11.4 Å². The number of rotatable bonds is 1. The highest BCUT2D eigenvalue weighted by Crippen LogP contribution is 2.24. The Morgan fingerprint density at radius 2 is 2.29 bits per heavy atom. The summed E-state index contributed by atoms with van der Waals surface area (Å²) < 4.78 is 39.8. The molecule has 0 radical (unpaired) electrons. The molecule has 94 valence electrons. The van der Waals surface area contributed by atoms with Gasteiger partial charge in [0.05, 0.1) is 6.54 Å². The van der Waals surface area contributed by atoms with E-state index in [1.54, 1.807) is 11.3 Å². The zero-order chi connectivity index (χ0) is 12.5. The molecule has 0 spiro atoms. The van der Waals surface area contributed by atoms with Crippen LogP contribution in [0.1, 0.15) is 10.4 Å². The van der Waals surface area contributed by atoms with Crippen LogP contribution in [0.5, 0.6) is 0 Å². The molecular weight excluding hydrogens is 255 g/mol. The average Bonchev–Trinajstić information content (AvgIpc) is 2.71. The van der Waals surface area contributed by atoms with Crippen LogP contribution < -0.4 is 0 Å². The maximum Gasteiger partial charge on any atom is 0.422 e. The quantitative estimate of drug-likeness (QED) is 0.781. The van der Waals surface area contributed by atoms with E-state index < -0.39 is 18.9 Å². The van der Waals surface area contributed by atoms with Gasteiger partial charge >= 0.3 is 12.3 Å². The van der Waals surface area contributed by atoms with Gasteiger partial charge in [0, 0.05) is 11.4 Å². The van der Waals surface area contributed by atoms with Crippen LogP contribution in [0.3, 0.4) is 0 Å². The fourth-order valence-electron chi connectivity index (χ4n) is 1.64. The van der Waals surface area contributed by atoms with Crippen molar-refractivity contribution < 1.29 is 22.7 Å². The number of carbonyl (C=O) groups excluding carboxylic acids is 1. The van der Waals surface area contributed by atoms with Crippen LogP contribution in [-0.4, -0.2) is 30.3 Å². The van der Waals surface area contributed by atoms with Gasteiger partial charge < -0.3 is 9.64 Å². The first-order chi connectivity index (χ1) is 7.96. The van der Waals surface area contributed by atoms with Crippen LogP contribution in [0.2, 0.25) is 0 Å². The molecule has 0 aliphatic carbocycles. The van der Waals surface area contributed by atoms with Crippen LogP contribution >= 0.6 is 11.3 Å². The second kappa shape index (κ2) is 4.56. The Morgan fingerprint density at radius 1 is 1.53 bits per heavy atom. The molecule has 0 saturated carbocycles. The van der Waals surface area contributed by atoms with Gasteiger partial charge in [-0.3, -0.25) is 0 Å². The van der Waals surface area contributed by atoms with E-state index in [0.717, 1.165) is 5.56 Å². The molecule has 0 N–H and O–H groups in total. The summed E-state index contributed by atoms with van der Waals surface area (Å²) in [7, 11) is 0. The number of hydrogen-bond acceptors (Lipinski definition) is 3. The first-order valence-electron chi connectivity index (χ1n) is 4.99. The Labute approximate surface area is 99.8 Å². The number of hydrogen-bond donors (Lipinski definition) is 0. The third kappa shape index (κ3) is 3.12. The minimum Gasteiger partial charge on any atom is -0.440 e. The number of alkyl halides is 3. The van der Waals surface area contributed by atoms with E-state index in [1.165, 1.54) is 9.78 Å². The van der Waals surface area contributed by atoms with E-state index in [4.69, 9.17) is 0 Å². The van der Waals surface area contributed by atoms with Crippen molar-refractivity contribution in [2.45, 2.75) is 19.1 Å². The van der Waals surface area contributed by atoms with E-state index >= 15 is 0 Å². The van der Waals surface area contributed by atoms with Gasteiger partial charge in [0.2, 0.25) is 0 Å². The summed E-state index contributed by atoms with van der Waals surface area (Å²) in [5, 5.41) is 1.91. The van der Waals surface area contributed by atoms with Crippen molar-refractivity contribution in [1.82, 2.24) is 4.90 Å². The minimum atomic E-state index is -4.47. The van der Waals surface area contributed by atoms with E-state index in [9.17, 15) is 18.0 Å². The van der Waals surface area contributed by atoms with Gasteiger partial charge in [-0.1, -0.05) is 0 Å². The topological polar surface area (TPSA) is 29.5 Å². The van der Waals surface area contributed by atoms with E-state index in [0.29, 0.717) is 19.5 Å². The van der Waals surface area contributed by atoms with Crippen molar-refractivity contribution in [2.75, 3.05) is 13.2 Å². The van der Waals surface area contributed by atoms with Gasteiger partial charge in [-0.25, -0.2) is 4.79 Å². The lowest BCUT2D eigenvalue weighted by atomic mass is 10.1. The smallest absolute Gasteiger partial charge is 0.422 e. The Morgan fingerprint density at radius 3 is 3.00 bits per heavy atom. The maximum atomic E-state index is 11.9. The third-order valence-corrected chi connectivity index (χ3v) is 3.45. The molecule has 0 aromatic carbocycles. The van der Waals surface area contributed by atoms with Crippen molar-refractivity contribution in [3.8, 4) is 0 Å². The third-order valence-electron chi connectivity index (χ3n) is 2.43. The molecule has 1 aliphatic rings. The van der Waals surface area contributed by atoms with E-state index in [1.807, 2.05) is 11.4 Å². The zero-order valence-corrected chi connectivity index (χ0v) is 9.61. The number of thiophene rings is 1. The summed E-state index contributed by atoms with van der Waals surface area (Å²) >= 11 is 1.60. The standard InChI is InChI=1S/C10H10F3NO2S/c11-10(12,13)6-16-9(15)14-3-1-8-7(5-14)2-4-17-8/h2,4H,1,3,5-6H2. The summed E-state index contributed by atoms with van der Waals surface area (Å²) in [5.41, 5.74) is 0.991. The predicted octanol–water partition coefficient (Wildman–Crippen LogP) is 2.81. The van der Waals surface area contributed by atoms with Crippen molar-refractivity contribution in [3.05, 3.63) is 21.9 Å². The lowest BCUT2D eigenvalue weighted by Crippen LogP contribution is -2.37. The SMILES string of the molecule is O=C(OCC(F)(F)F)N1CCc2sccc2C1. The van der Waals surface area contributed by atoms with Gasteiger partial charge in [0.1, 0.15) is 0 Å². The minimum absolute atomic E-state index is 0.329. The zero-order valence-electron chi connectivity index (χ0n) is 8.79. The molecule has 0 atom stereocenters. The summed E-state index contributed by atoms with van der Waals surface area (Å²) in [6, 6.07) is 1.88. The first-order valence-corrected chi connectivity index (χ1v) is 5.87. The Hall–Kier alpha value is -1.24. The van der Waals surface area contributed by atoms with Crippen LogP contribution in [0.25, 0.3) is 0 Å². The molecule has 0 bridgehead atoms. The van der Waals surface area contributed by atoms with Gasteiger partial charge in [-0.15, -0.1) is 11.3 Å². The number of halogens is 3. The molecule has 17 heavy (non-hydrogen) atoms. The number of nitrogens with zero attached hydrogens (tertiary/aromatic N) is 1. The van der Waals surface area contributed by atoms with Crippen LogP contribution in [0, 0.1) is 0 Å². The fourth-order valence-corrected chi connectivity index (χ4v) is 2.53. The summed E-state index contributed by atoms with van der Waals surface area (Å²) in [6.07, 6.45) is -4.70. The molecule has 2 rings (SSSR count). The molecule has 0 fully saturated rings. The summed E-state index contributed by atoms with van der Waals surface area (Å²) in [4.78, 5) is 13.9. The first kappa shape index (κ1) is 12.2. The van der Waals surface area contributed by atoms with E-state index in [2.05, 4.69) is 4.74 Å². The van der Waals surface area contributed by atoms with Crippen molar-refractivity contribution in [3.63, 3.8) is 0 Å². The highest BCUT2D eigenvalue weighted by Gasteiger charge is 2.31. The van der Waals surface area contributed by atoms with Crippen LogP contribution in [-0.2, 0) is 17.7 Å². The molecule has 1 amide bonds. The van der Waals surface area contributed by atoms with Gasteiger partial charge in [0.15, 0.2) is 6.61 Å². The molecular formula is C10H10F3NO2S. The maximum absolute atomic E-state index is 11.9. The summed E-state index contributed by atoms with van der Waals surface area (Å²) in [6.45, 7) is -0.793. The fraction of sp³-hybridized carbons (Fsp3) is 0.500. The number of amides is 1. The molecule has 1 aliphatic heterocycles. The average molecular weight is 265 g/mol. The molecule has 7 heteroatoms. The number of fused-ring (bicyclic) bond motifs is 1. The number of ether oxygens (including phenoxy) is 1. The highest BCUT2D eigenvalue weighted by molar-refractivity contribution is 7.10. The lowest BCUT2D eigenvalue weighted by Gasteiger charge is -2.26. The molecule has 1 aromatic heterocycles. The summed E-state index contributed by atoms with van der Waals surface area (Å²) in [5.74, 6) is 0. The lowest BCUT2D eigenvalue weighted by molar-refractivity contribution is -0.162. The monoisotopic (exact) mass is 265 g/mol. The largest absolute Gasteiger partial charge is 0.440 e. The normalized spacial score (nSPS) is 15.6. The molecule has 1 aromatic rings. The molecule has 0 saturated heterocycles. The van der Waals surface area contributed by atoms with Crippen molar-refractivity contribution in [2.24, 2.45) is 0 Å². The van der Waals surface area contributed by atoms with Crippen molar-refractivity contribution in [1.29, 1.82) is 0 Å². The highest BCUT2D eigenvalue weighted by atomic mass is 32.1. The van der Waals surface area contributed by atoms with Crippen LogP contribution in [0.4, 0.5) is 18.0 Å². The number of carbonyl (C=O) groups is 1. The Balaban J connectivity index is 1.90. The molecule has 2 heterocycles. The second-order valence-corrected chi connectivity index (χ2v) is 4.71. The predicted molar refractivity (Wildman–Crippen MR) is 55.8 cm³/mol. The van der Waals surface area contributed by atoms with Gasteiger partial charge in [-0.05, 0) is 23.4 Å². The molecule has 3 nitrogen and oxygen atoms in total. The van der Waals surface area contributed by atoms with Gasteiger partial charge in [0.25, 0.3) is 0 Å². The Kier molecular flexibility index (Phi) is 3.28. The van der Waals surface area contributed by atoms with E-state index in [-0.39, 0.29) is 0 Å². The Bertz CT molecular complexity index is 416. The second-order valence-electron chi connectivity index (χ2n) is 3.71.